The molecule has 2 N–H and O–H groups in total. The number of carbonyl (C=O) groups is 2. The molecule has 0 bridgehead atoms. The highest BCUT2D eigenvalue weighted by Crippen LogP contribution is 2.14. The number of rotatable bonds is 8. The second-order valence-electron chi connectivity index (χ2n) is 5.94. The van der Waals surface area contributed by atoms with Crippen molar-refractivity contribution in [2.75, 3.05) is 6.61 Å². The molecule has 0 saturated heterocycles. The van der Waals surface area contributed by atoms with Gasteiger partial charge in [0.25, 0.3) is 5.91 Å². The molecule has 5 nitrogen and oxygen atoms in total. The molecule has 0 saturated carbocycles. The molecule has 2 atom stereocenters. The van der Waals surface area contributed by atoms with Crippen molar-refractivity contribution < 1.29 is 19.4 Å². The van der Waals surface area contributed by atoms with Gasteiger partial charge in [0.1, 0.15) is 5.75 Å². The first-order valence-electron chi connectivity index (χ1n) is 7.57. The van der Waals surface area contributed by atoms with E-state index in [-0.39, 0.29) is 5.91 Å². The van der Waals surface area contributed by atoms with E-state index in [0.717, 1.165) is 12.2 Å². The number of carboxylic acids is 1. The van der Waals surface area contributed by atoms with E-state index in [1.165, 1.54) is 0 Å². The first kappa shape index (κ1) is 18.0. The lowest BCUT2D eigenvalue weighted by Gasteiger charge is -2.17. The lowest BCUT2D eigenvalue weighted by molar-refractivity contribution is -0.141. The summed E-state index contributed by atoms with van der Waals surface area (Å²) in [5.41, 5.74) is 0.487. The maximum atomic E-state index is 12.1. The highest BCUT2D eigenvalue weighted by Gasteiger charge is 2.21. The van der Waals surface area contributed by atoms with Crippen LogP contribution < -0.4 is 10.1 Å². The van der Waals surface area contributed by atoms with Gasteiger partial charge in [-0.25, -0.2) is 0 Å². The van der Waals surface area contributed by atoms with E-state index >= 15 is 0 Å². The number of hydrogen-bond acceptors (Lipinski definition) is 3. The van der Waals surface area contributed by atoms with Crippen LogP contribution in [-0.2, 0) is 4.79 Å². The number of amides is 1. The molecule has 5 heteroatoms. The Bertz CT molecular complexity index is 496. The summed E-state index contributed by atoms with van der Waals surface area (Å²) in [6.45, 7) is 8.17. The predicted octanol–water partition coefficient (Wildman–Crippen LogP) is 2.95. The maximum absolute atomic E-state index is 12.1. The quantitative estimate of drug-likeness (QED) is 0.774. The normalized spacial score (nSPS) is 13.5. The molecule has 0 spiro atoms. The molecule has 0 aliphatic rings. The molecule has 122 valence electrons. The molecular formula is C17H25NO4. The lowest BCUT2D eigenvalue weighted by Crippen LogP contribution is -2.40. The SMILES string of the molecule is CC(C)CCOc1ccc(C(=O)NC(C)C(C)C(=O)O)cc1. The van der Waals surface area contributed by atoms with Crippen molar-refractivity contribution in [3.63, 3.8) is 0 Å². The molecule has 0 heterocycles. The topological polar surface area (TPSA) is 75.6 Å². The van der Waals surface area contributed by atoms with E-state index in [9.17, 15) is 9.59 Å². The second-order valence-corrected chi connectivity index (χ2v) is 5.94. The van der Waals surface area contributed by atoms with E-state index in [2.05, 4.69) is 19.2 Å². The van der Waals surface area contributed by atoms with Crippen LogP contribution in [0.3, 0.4) is 0 Å². The molecule has 0 radical (unpaired) electrons. The summed E-state index contributed by atoms with van der Waals surface area (Å²) in [4.78, 5) is 22.9. The molecule has 1 rings (SSSR count). The van der Waals surface area contributed by atoms with Crippen molar-refractivity contribution in [2.24, 2.45) is 11.8 Å². The van der Waals surface area contributed by atoms with Crippen LogP contribution >= 0.6 is 0 Å². The minimum atomic E-state index is -0.929. The van der Waals surface area contributed by atoms with Crippen molar-refractivity contribution >= 4 is 11.9 Å². The van der Waals surface area contributed by atoms with Crippen LogP contribution in [0.1, 0.15) is 44.5 Å². The Labute approximate surface area is 131 Å². The third-order valence-electron chi connectivity index (χ3n) is 3.58. The van der Waals surface area contributed by atoms with Gasteiger partial charge in [0, 0.05) is 11.6 Å². The van der Waals surface area contributed by atoms with Gasteiger partial charge < -0.3 is 15.2 Å². The summed E-state index contributed by atoms with van der Waals surface area (Å²) >= 11 is 0. The molecular weight excluding hydrogens is 282 g/mol. The number of carbonyl (C=O) groups excluding carboxylic acids is 1. The van der Waals surface area contributed by atoms with Gasteiger partial charge in [-0.3, -0.25) is 9.59 Å². The van der Waals surface area contributed by atoms with Gasteiger partial charge in [0.15, 0.2) is 0 Å². The fraction of sp³-hybridized carbons (Fsp3) is 0.529. The Morgan fingerprint density at radius 2 is 1.73 bits per heavy atom. The molecule has 0 aromatic heterocycles. The molecule has 2 unspecified atom stereocenters. The van der Waals surface area contributed by atoms with E-state index in [1.807, 2.05) is 0 Å². The molecule has 22 heavy (non-hydrogen) atoms. The lowest BCUT2D eigenvalue weighted by atomic mass is 10.0. The number of benzene rings is 1. The average molecular weight is 307 g/mol. The van der Waals surface area contributed by atoms with E-state index < -0.39 is 17.9 Å². The van der Waals surface area contributed by atoms with Crippen LogP contribution in [0.2, 0.25) is 0 Å². The van der Waals surface area contributed by atoms with E-state index in [0.29, 0.717) is 18.1 Å². The fourth-order valence-electron chi connectivity index (χ4n) is 1.74. The van der Waals surface area contributed by atoms with E-state index in [4.69, 9.17) is 9.84 Å². The Morgan fingerprint density at radius 1 is 1.14 bits per heavy atom. The van der Waals surface area contributed by atoms with Crippen LogP contribution in [0.4, 0.5) is 0 Å². The van der Waals surface area contributed by atoms with Gasteiger partial charge in [0.05, 0.1) is 12.5 Å². The molecule has 1 aromatic carbocycles. The van der Waals surface area contributed by atoms with Crippen molar-refractivity contribution in [1.82, 2.24) is 5.32 Å². The zero-order valence-electron chi connectivity index (χ0n) is 13.6. The predicted molar refractivity (Wildman–Crippen MR) is 85.1 cm³/mol. The first-order chi connectivity index (χ1) is 10.3. The van der Waals surface area contributed by atoms with Gasteiger partial charge in [-0.1, -0.05) is 13.8 Å². The van der Waals surface area contributed by atoms with Crippen molar-refractivity contribution in [2.45, 2.75) is 40.2 Å². The number of carboxylic acid groups (broad SMARTS) is 1. The molecule has 0 aliphatic heterocycles. The summed E-state index contributed by atoms with van der Waals surface area (Å²) in [5, 5.41) is 11.6. The monoisotopic (exact) mass is 307 g/mol. The standard InChI is InChI=1S/C17H25NO4/c1-11(2)9-10-22-15-7-5-14(6-8-15)16(19)18-13(4)12(3)17(20)21/h5-8,11-13H,9-10H2,1-4H3,(H,18,19)(H,20,21). The Balaban J connectivity index is 2.55. The smallest absolute Gasteiger partial charge is 0.308 e. The third-order valence-corrected chi connectivity index (χ3v) is 3.58. The van der Waals surface area contributed by atoms with Gasteiger partial charge in [-0.15, -0.1) is 0 Å². The van der Waals surface area contributed by atoms with Gasteiger partial charge >= 0.3 is 5.97 Å². The van der Waals surface area contributed by atoms with E-state index in [1.54, 1.807) is 38.1 Å². The third kappa shape index (κ3) is 5.76. The maximum Gasteiger partial charge on any atom is 0.308 e. The zero-order chi connectivity index (χ0) is 16.7. The first-order valence-corrected chi connectivity index (χ1v) is 7.57. The van der Waals surface area contributed by atoms with Crippen LogP contribution in [-0.4, -0.2) is 29.6 Å². The number of nitrogens with one attached hydrogen (secondary N) is 1. The fourth-order valence-corrected chi connectivity index (χ4v) is 1.74. The van der Waals surface area contributed by atoms with Crippen LogP contribution in [0, 0.1) is 11.8 Å². The Hall–Kier alpha value is -2.04. The summed E-state index contributed by atoms with van der Waals surface area (Å²) in [6, 6.07) is 6.42. The largest absolute Gasteiger partial charge is 0.494 e. The van der Waals surface area contributed by atoms with Crippen LogP contribution in [0.5, 0.6) is 5.75 Å². The minimum absolute atomic E-state index is 0.283. The highest BCUT2D eigenvalue weighted by molar-refractivity contribution is 5.94. The van der Waals surface area contributed by atoms with Gasteiger partial charge in [0.2, 0.25) is 0 Å². The zero-order valence-corrected chi connectivity index (χ0v) is 13.6. The van der Waals surface area contributed by atoms with Crippen molar-refractivity contribution in [1.29, 1.82) is 0 Å². The number of ether oxygens (including phenoxy) is 1. The summed E-state index contributed by atoms with van der Waals surface area (Å²) in [6.07, 6.45) is 0.979. The highest BCUT2D eigenvalue weighted by atomic mass is 16.5. The van der Waals surface area contributed by atoms with Crippen molar-refractivity contribution in [3.8, 4) is 5.75 Å². The van der Waals surface area contributed by atoms with Crippen molar-refractivity contribution in [3.05, 3.63) is 29.8 Å². The molecule has 1 amide bonds. The molecule has 0 fully saturated rings. The number of hydrogen-bond donors (Lipinski definition) is 2. The Kier molecular flexibility index (Phi) is 6.89. The second kappa shape index (κ2) is 8.41. The Morgan fingerprint density at radius 3 is 2.23 bits per heavy atom. The molecule has 1 aromatic rings. The summed E-state index contributed by atoms with van der Waals surface area (Å²) < 4.78 is 5.59. The minimum Gasteiger partial charge on any atom is -0.494 e. The summed E-state index contributed by atoms with van der Waals surface area (Å²) in [7, 11) is 0. The van der Waals surface area contributed by atoms with Crippen LogP contribution in [0.25, 0.3) is 0 Å². The molecule has 0 aliphatic carbocycles. The van der Waals surface area contributed by atoms with Crippen LogP contribution in [0.15, 0.2) is 24.3 Å². The average Bonchev–Trinajstić information content (AvgIpc) is 2.46. The number of aliphatic carboxylic acids is 1. The van der Waals surface area contributed by atoms with Gasteiger partial charge in [-0.2, -0.15) is 0 Å². The van der Waals surface area contributed by atoms with Gasteiger partial charge in [-0.05, 0) is 50.5 Å². The summed E-state index contributed by atoms with van der Waals surface area (Å²) in [5.74, 6) is -0.537.